The molecule has 0 atom stereocenters. The van der Waals surface area contributed by atoms with E-state index in [-0.39, 0.29) is 5.56 Å². The van der Waals surface area contributed by atoms with Crippen LogP contribution < -0.4 is 15.0 Å². The molecule has 0 spiro atoms. The Hall–Kier alpha value is -3.34. The fourth-order valence-electron chi connectivity index (χ4n) is 2.90. The van der Waals surface area contributed by atoms with Gasteiger partial charge in [0.25, 0.3) is 5.56 Å². The standard InChI is InChI=1S/C22H22N2O3/c1-4-9-15-13-16(14-19(26-6-3)20(15)27-12-5-2)21-23-18-11-8-7-10-17(18)22(25)24-21/h4-5,7-8,10-11,13-14H,1-2,6,9,12H2,3H3,(H,23,24,25). The third-order valence-electron chi connectivity index (χ3n) is 4.03. The van der Waals surface area contributed by atoms with Crippen LogP contribution in [-0.4, -0.2) is 23.2 Å². The molecule has 0 aliphatic carbocycles. The lowest BCUT2D eigenvalue weighted by Crippen LogP contribution is -2.10. The lowest BCUT2D eigenvalue weighted by Gasteiger charge is -2.16. The van der Waals surface area contributed by atoms with E-state index in [1.807, 2.05) is 37.3 Å². The van der Waals surface area contributed by atoms with Crippen molar-refractivity contribution >= 4 is 10.9 Å². The predicted molar refractivity (Wildman–Crippen MR) is 109 cm³/mol. The second-order valence-electron chi connectivity index (χ2n) is 5.92. The van der Waals surface area contributed by atoms with Crippen LogP contribution >= 0.6 is 0 Å². The van der Waals surface area contributed by atoms with Crippen molar-refractivity contribution in [3.05, 3.63) is 77.6 Å². The van der Waals surface area contributed by atoms with Crippen LogP contribution in [0.5, 0.6) is 11.5 Å². The summed E-state index contributed by atoms with van der Waals surface area (Å²) in [6.07, 6.45) is 4.08. The first-order chi connectivity index (χ1) is 13.2. The summed E-state index contributed by atoms with van der Waals surface area (Å²) in [5.74, 6) is 1.74. The van der Waals surface area contributed by atoms with Crippen molar-refractivity contribution in [1.82, 2.24) is 9.97 Å². The average molecular weight is 362 g/mol. The number of hydrogen-bond donors (Lipinski definition) is 1. The summed E-state index contributed by atoms with van der Waals surface area (Å²) in [5.41, 5.74) is 2.13. The molecule has 1 N–H and O–H groups in total. The number of H-pyrrole nitrogens is 1. The number of nitrogens with one attached hydrogen (secondary N) is 1. The normalized spacial score (nSPS) is 10.6. The third kappa shape index (κ3) is 3.92. The quantitative estimate of drug-likeness (QED) is 0.608. The van der Waals surface area contributed by atoms with Gasteiger partial charge in [0.1, 0.15) is 12.4 Å². The lowest BCUT2D eigenvalue weighted by molar-refractivity contribution is 0.295. The molecular weight excluding hydrogens is 340 g/mol. The highest BCUT2D eigenvalue weighted by Crippen LogP contribution is 2.36. The van der Waals surface area contributed by atoms with Crippen LogP contribution in [0.2, 0.25) is 0 Å². The van der Waals surface area contributed by atoms with E-state index in [0.717, 1.165) is 11.1 Å². The van der Waals surface area contributed by atoms with Gasteiger partial charge in [0.15, 0.2) is 11.5 Å². The molecule has 5 nitrogen and oxygen atoms in total. The molecule has 0 amide bonds. The zero-order chi connectivity index (χ0) is 19.2. The van der Waals surface area contributed by atoms with E-state index in [2.05, 4.69) is 23.1 Å². The van der Waals surface area contributed by atoms with Crippen molar-refractivity contribution in [3.8, 4) is 22.9 Å². The van der Waals surface area contributed by atoms with Crippen molar-refractivity contribution in [3.63, 3.8) is 0 Å². The Morgan fingerprint density at radius 3 is 2.70 bits per heavy atom. The Morgan fingerprint density at radius 1 is 1.15 bits per heavy atom. The second-order valence-corrected chi connectivity index (χ2v) is 5.92. The van der Waals surface area contributed by atoms with E-state index in [9.17, 15) is 4.79 Å². The first kappa shape index (κ1) is 18.5. The molecule has 0 saturated carbocycles. The minimum absolute atomic E-state index is 0.175. The summed E-state index contributed by atoms with van der Waals surface area (Å²) in [5, 5.41) is 0.559. The van der Waals surface area contributed by atoms with Gasteiger partial charge in [-0.25, -0.2) is 4.98 Å². The molecule has 0 bridgehead atoms. The Bertz CT molecular complexity index is 1040. The van der Waals surface area contributed by atoms with Crippen molar-refractivity contribution in [1.29, 1.82) is 0 Å². The molecule has 3 aromatic rings. The SMILES string of the molecule is C=CCOc1c(CC=C)cc(-c2nc3ccccc3c(=O)[nH]2)cc1OCC. The first-order valence-corrected chi connectivity index (χ1v) is 8.81. The fraction of sp³-hybridized carbons (Fsp3) is 0.182. The number of aromatic amines is 1. The van der Waals surface area contributed by atoms with Crippen LogP contribution in [0.1, 0.15) is 12.5 Å². The summed E-state index contributed by atoms with van der Waals surface area (Å²) in [6.45, 7) is 10.3. The average Bonchev–Trinajstić information content (AvgIpc) is 2.67. The summed E-state index contributed by atoms with van der Waals surface area (Å²) in [6, 6.07) is 11.0. The van der Waals surface area contributed by atoms with Crippen LogP contribution in [0, 0.1) is 0 Å². The molecule has 0 aliphatic heterocycles. The highest BCUT2D eigenvalue weighted by molar-refractivity contribution is 5.79. The number of rotatable bonds is 8. The van der Waals surface area contributed by atoms with Crippen LogP contribution in [0.15, 0.2) is 66.5 Å². The topological polar surface area (TPSA) is 64.2 Å². The minimum Gasteiger partial charge on any atom is -0.490 e. The Morgan fingerprint density at radius 2 is 1.96 bits per heavy atom. The summed E-state index contributed by atoms with van der Waals surface area (Å²) >= 11 is 0. The number of aromatic nitrogens is 2. The zero-order valence-electron chi connectivity index (χ0n) is 15.3. The number of para-hydroxylation sites is 1. The number of benzene rings is 2. The van der Waals surface area contributed by atoms with E-state index >= 15 is 0 Å². The fourth-order valence-corrected chi connectivity index (χ4v) is 2.90. The summed E-state index contributed by atoms with van der Waals surface area (Å²) < 4.78 is 11.6. The van der Waals surface area contributed by atoms with Gasteiger partial charge in [0.2, 0.25) is 0 Å². The van der Waals surface area contributed by atoms with Gasteiger partial charge in [-0.2, -0.15) is 0 Å². The van der Waals surface area contributed by atoms with Gasteiger partial charge in [0.05, 0.1) is 17.5 Å². The molecule has 27 heavy (non-hydrogen) atoms. The van der Waals surface area contributed by atoms with E-state index in [0.29, 0.717) is 47.9 Å². The lowest BCUT2D eigenvalue weighted by atomic mass is 10.0. The Balaban J connectivity index is 2.19. The van der Waals surface area contributed by atoms with E-state index in [4.69, 9.17) is 9.47 Å². The van der Waals surface area contributed by atoms with Crippen molar-refractivity contribution < 1.29 is 9.47 Å². The van der Waals surface area contributed by atoms with Crippen LogP contribution in [0.25, 0.3) is 22.3 Å². The minimum atomic E-state index is -0.175. The number of allylic oxidation sites excluding steroid dienone is 1. The molecule has 2 aromatic carbocycles. The number of nitrogens with zero attached hydrogens (tertiary/aromatic N) is 1. The van der Waals surface area contributed by atoms with E-state index in [1.54, 1.807) is 18.2 Å². The van der Waals surface area contributed by atoms with Crippen LogP contribution in [-0.2, 0) is 6.42 Å². The van der Waals surface area contributed by atoms with Crippen molar-refractivity contribution in [2.45, 2.75) is 13.3 Å². The second kappa shape index (κ2) is 8.36. The maximum absolute atomic E-state index is 12.4. The van der Waals surface area contributed by atoms with E-state index < -0.39 is 0 Å². The van der Waals surface area contributed by atoms with Gasteiger partial charge >= 0.3 is 0 Å². The number of ether oxygens (including phenoxy) is 2. The smallest absolute Gasteiger partial charge is 0.259 e. The molecular formula is C22H22N2O3. The highest BCUT2D eigenvalue weighted by atomic mass is 16.5. The summed E-state index contributed by atoms with van der Waals surface area (Å²) in [4.78, 5) is 19.9. The monoisotopic (exact) mass is 362 g/mol. The van der Waals surface area contributed by atoms with Crippen LogP contribution in [0.3, 0.4) is 0 Å². The predicted octanol–water partition coefficient (Wildman–Crippen LogP) is 4.28. The third-order valence-corrected chi connectivity index (χ3v) is 4.03. The maximum atomic E-state index is 12.4. The highest BCUT2D eigenvalue weighted by Gasteiger charge is 2.15. The van der Waals surface area contributed by atoms with Gasteiger partial charge in [0, 0.05) is 11.1 Å². The Kier molecular flexibility index (Phi) is 5.71. The molecule has 1 heterocycles. The molecule has 3 rings (SSSR count). The van der Waals surface area contributed by atoms with Gasteiger partial charge < -0.3 is 14.5 Å². The van der Waals surface area contributed by atoms with Crippen molar-refractivity contribution in [2.24, 2.45) is 0 Å². The molecule has 0 unspecified atom stereocenters. The number of hydrogen-bond acceptors (Lipinski definition) is 4. The molecule has 0 radical (unpaired) electrons. The Labute approximate surface area is 158 Å². The van der Waals surface area contributed by atoms with Gasteiger partial charge in [-0.05, 0) is 37.6 Å². The molecule has 0 fully saturated rings. The molecule has 138 valence electrons. The van der Waals surface area contributed by atoms with Crippen LogP contribution in [0.4, 0.5) is 0 Å². The van der Waals surface area contributed by atoms with Gasteiger partial charge in [-0.3, -0.25) is 4.79 Å². The van der Waals surface area contributed by atoms with Gasteiger partial charge in [-0.1, -0.05) is 30.9 Å². The number of fused-ring (bicyclic) bond motifs is 1. The maximum Gasteiger partial charge on any atom is 0.259 e. The molecule has 1 aromatic heterocycles. The van der Waals surface area contributed by atoms with E-state index in [1.165, 1.54) is 0 Å². The van der Waals surface area contributed by atoms with Crippen molar-refractivity contribution in [2.75, 3.05) is 13.2 Å². The molecule has 0 saturated heterocycles. The largest absolute Gasteiger partial charge is 0.490 e. The summed E-state index contributed by atoms with van der Waals surface area (Å²) in [7, 11) is 0. The first-order valence-electron chi connectivity index (χ1n) is 8.81. The molecule has 0 aliphatic rings. The zero-order valence-corrected chi connectivity index (χ0v) is 15.3. The molecule has 5 heteroatoms. The van der Waals surface area contributed by atoms with Gasteiger partial charge in [-0.15, -0.1) is 6.58 Å².